The van der Waals surface area contributed by atoms with E-state index in [-0.39, 0.29) is 21.3 Å². The van der Waals surface area contributed by atoms with E-state index in [9.17, 15) is 14.7 Å². The molecule has 1 aliphatic heterocycles. The molecular formula is C32H23Cl2N3O5S2. The van der Waals surface area contributed by atoms with Crippen LogP contribution in [0.2, 0.25) is 10.0 Å². The van der Waals surface area contributed by atoms with Crippen molar-refractivity contribution in [3.05, 3.63) is 111 Å². The molecule has 0 saturated carbocycles. The quantitative estimate of drug-likeness (QED) is 0.0587. The predicted octanol–water partition coefficient (Wildman–Crippen LogP) is 7.93. The number of aromatic nitrogens is 2. The fourth-order valence-electron chi connectivity index (χ4n) is 5.08. The predicted molar refractivity (Wildman–Crippen MR) is 174 cm³/mol. The summed E-state index contributed by atoms with van der Waals surface area (Å²) in [5, 5.41) is 23.1. The van der Waals surface area contributed by atoms with Gasteiger partial charge in [-0.2, -0.15) is 0 Å². The summed E-state index contributed by atoms with van der Waals surface area (Å²) < 4.78 is 11.3. The topological polar surface area (TPSA) is 102 Å². The second-order valence-electron chi connectivity index (χ2n) is 9.69. The number of aliphatic hydroxyl groups excluding tert-OH is 1. The van der Waals surface area contributed by atoms with Gasteiger partial charge in [-0.25, -0.2) is 0 Å². The summed E-state index contributed by atoms with van der Waals surface area (Å²) in [5.41, 5.74) is 1.71. The van der Waals surface area contributed by atoms with Crippen molar-refractivity contribution < 1.29 is 24.2 Å². The molecule has 1 N–H and O–H groups in total. The first-order chi connectivity index (χ1) is 21.3. The highest BCUT2D eigenvalue weighted by Gasteiger charge is 2.48. The molecule has 0 spiro atoms. The number of aliphatic hydroxyl groups is 1. The molecule has 1 saturated heterocycles. The van der Waals surface area contributed by atoms with Gasteiger partial charge < -0.3 is 14.6 Å². The average Bonchev–Trinajstić information content (AvgIpc) is 3.62. The number of rotatable bonds is 8. The molecule has 1 aliphatic rings. The largest absolute Gasteiger partial charge is 0.507 e. The van der Waals surface area contributed by atoms with Crippen molar-refractivity contribution in [2.75, 3.05) is 19.1 Å². The first-order valence-corrected chi connectivity index (χ1v) is 15.8. The van der Waals surface area contributed by atoms with Crippen molar-refractivity contribution in [1.82, 2.24) is 10.2 Å². The van der Waals surface area contributed by atoms with Gasteiger partial charge in [-0.1, -0.05) is 94.8 Å². The van der Waals surface area contributed by atoms with Crippen LogP contribution in [0.5, 0.6) is 11.5 Å². The Kier molecular flexibility index (Phi) is 8.50. The second-order valence-corrected chi connectivity index (χ2v) is 12.7. The molecule has 12 heteroatoms. The minimum absolute atomic E-state index is 0.138. The maximum atomic E-state index is 13.6. The number of Topliss-reactive ketones (excluding diaryl/α,β-unsaturated/α-hetero) is 1. The van der Waals surface area contributed by atoms with Crippen molar-refractivity contribution in [3.63, 3.8) is 0 Å². The first kappa shape index (κ1) is 30.0. The van der Waals surface area contributed by atoms with E-state index in [0.29, 0.717) is 32.2 Å². The molecular weight excluding hydrogens is 641 g/mol. The van der Waals surface area contributed by atoms with Gasteiger partial charge in [0.15, 0.2) is 15.8 Å². The SMILES string of the molecule is COc1ccc(/C(O)=C2/C(=O)C(=O)N(c3nnc(SCc4cccc5ccccc45)s3)C2c2ccc(Cl)c(Cl)c2)cc1OC. The summed E-state index contributed by atoms with van der Waals surface area (Å²) in [6, 6.07) is 22.7. The van der Waals surface area contributed by atoms with E-state index in [1.807, 2.05) is 18.2 Å². The highest BCUT2D eigenvalue weighted by Crippen LogP contribution is 2.45. The molecule has 0 bridgehead atoms. The van der Waals surface area contributed by atoms with Crippen molar-refractivity contribution in [3.8, 4) is 11.5 Å². The molecule has 1 aromatic heterocycles. The van der Waals surface area contributed by atoms with Crippen LogP contribution < -0.4 is 14.4 Å². The molecule has 1 unspecified atom stereocenters. The van der Waals surface area contributed by atoms with Crippen LogP contribution in [0.1, 0.15) is 22.7 Å². The van der Waals surface area contributed by atoms with E-state index in [4.69, 9.17) is 32.7 Å². The van der Waals surface area contributed by atoms with Crippen molar-refractivity contribution in [2.24, 2.45) is 0 Å². The average molecular weight is 665 g/mol. The summed E-state index contributed by atoms with van der Waals surface area (Å²) >= 11 is 15.2. The normalized spacial score (nSPS) is 16.1. The van der Waals surface area contributed by atoms with Crippen LogP contribution in [0.15, 0.2) is 88.8 Å². The molecule has 0 aliphatic carbocycles. The summed E-state index contributed by atoms with van der Waals surface area (Å²) in [6.07, 6.45) is 0. The molecule has 4 aromatic carbocycles. The number of benzene rings is 4. The summed E-state index contributed by atoms with van der Waals surface area (Å²) in [4.78, 5) is 28.4. The number of halogens is 2. The van der Waals surface area contributed by atoms with Gasteiger partial charge in [0.2, 0.25) is 5.13 Å². The zero-order valence-electron chi connectivity index (χ0n) is 23.3. The minimum Gasteiger partial charge on any atom is -0.507 e. The van der Waals surface area contributed by atoms with Gasteiger partial charge in [0, 0.05) is 11.3 Å². The van der Waals surface area contributed by atoms with E-state index in [0.717, 1.165) is 16.3 Å². The van der Waals surface area contributed by atoms with Gasteiger partial charge in [0.05, 0.1) is 35.9 Å². The molecule has 1 atom stereocenters. The van der Waals surface area contributed by atoms with Gasteiger partial charge in [-0.3, -0.25) is 14.5 Å². The van der Waals surface area contributed by atoms with E-state index in [1.165, 1.54) is 48.3 Å². The Morgan fingerprint density at radius 1 is 0.932 bits per heavy atom. The number of fused-ring (bicyclic) bond motifs is 1. The van der Waals surface area contributed by atoms with Crippen molar-refractivity contribution in [1.29, 1.82) is 0 Å². The molecule has 2 heterocycles. The van der Waals surface area contributed by atoms with Crippen LogP contribution >= 0.6 is 46.3 Å². The van der Waals surface area contributed by atoms with Crippen LogP contribution in [0.25, 0.3) is 16.5 Å². The third-order valence-corrected chi connectivity index (χ3v) is 10.0. The Labute approximate surface area is 270 Å². The van der Waals surface area contributed by atoms with E-state index in [2.05, 4.69) is 34.5 Å². The highest BCUT2D eigenvalue weighted by molar-refractivity contribution is 8.00. The number of hydrogen-bond donors (Lipinski definition) is 1. The molecule has 1 fully saturated rings. The Hall–Kier alpha value is -4.09. The number of anilines is 1. The van der Waals surface area contributed by atoms with Crippen molar-refractivity contribution in [2.45, 2.75) is 16.1 Å². The van der Waals surface area contributed by atoms with Crippen LogP contribution in [-0.4, -0.2) is 41.2 Å². The Bertz CT molecular complexity index is 1960. The van der Waals surface area contributed by atoms with E-state index >= 15 is 0 Å². The molecule has 8 nitrogen and oxygen atoms in total. The lowest BCUT2D eigenvalue weighted by Crippen LogP contribution is -2.29. The summed E-state index contributed by atoms with van der Waals surface area (Å²) in [6.45, 7) is 0. The van der Waals surface area contributed by atoms with Gasteiger partial charge in [-0.05, 0) is 52.2 Å². The molecule has 44 heavy (non-hydrogen) atoms. The van der Waals surface area contributed by atoms with Crippen LogP contribution in [0.4, 0.5) is 5.13 Å². The van der Waals surface area contributed by atoms with Crippen molar-refractivity contribution >= 4 is 79.7 Å². The Morgan fingerprint density at radius 3 is 2.48 bits per heavy atom. The number of nitrogens with zero attached hydrogens (tertiary/aromatic N) is 3. The highest BCUT2D eigenvalue weighted by atomic mass is 35.5. The lowest BCUT2D eigenvalue weighted by molar-refractivity contribution is -0.132. The van der Waals surface area contributed by atoms with Crippen LogP contribution in [-0.2, 0) is 15.3 Å². The second kappa shape index (κ2) is 12.5. The number of ether oxygens (including phenoxy) is 2. The van der Waals surface area contributed by atoms with E-state index in [1.54, 1.807) is 30.3 Å². The number of amides is 1. The monoisotopic (exact) mass is 663 g/mol. The maximum Gasteiger partial charge on any atom is 0.301 e. The standard InChI is InChI=1S/C32H23Cl2N3O5S2/c1-41-24-13-11-19(15-25(24)42-2)28(38)26-27(18-10-12-22(33)23(34)14-18)37(30(40)29(26)39)31-35-36-32(44-31)43-16-20-8-5-7-17-6-3-4-9-21(17)20/h3-15,27,38H,16H2,1-2H3/b28-26-. The number of thioether (sulfide) groups is 1. The third kappa shape index (κ3) is 5.50. The van der Waals surface area contributed by atoms with Gasteiger partial charge in [0.1, 0.15) is 5.76 Å². The Morgan fingerprint density at radius 2 is 1.70 bits per heavy atom. The number of carbonyl (C=O) groups is 2. The number of ketones is 1. The molecule has 222 valence electrons. The lowest BCUT2D eigenvalue weighted by atomic mass is 9.95. The third-order valence-electron chi connectivity index (χ3n) is 7.19. The lowest BCUT2D eigenvalue weighted by Gasteiger charge is -2.23. The molecule has 5 aromatic rings. The van der Waals surface area contributed by atoms with Crippen LogP contribution in [0.3, 0.4) is 0 Å². The summed E-state index contributed by atoms with van der Waals surface area (Å²) in [7, 11) is 2.95. The number of carbonyl (C=O) groups excluding carboxylic acids is 2. The molecule has 0 radical (unpaired) electrons. The fraction of sp³-hybridized carbons (Fsp3) is 0.125. The molecule has 6 rings (SSSR count). The van der Waals surface area contributed by atoms with E-state index < -0.39 is 23.5 Å². The minimum atomic E-state index is -1.05. The zero-order valence-corrected chi connectivity index (χ0v) is 26.4. The van der Waals surface area contributed by atoms with Gasteiger partial charge >= 0.3 is 5.91 Å². The first-order valence-electron chi connectivity index (χ1n) is 13.2. The van der Waals surface area contributed by atoms with Gasteiger partial charge in [-0.15, -0.1) is 10.2 Å². The number of hydrogen-bond acceptors (Lipinski definition) is 9. The van der Waals surface area contributed by atoms with Crippen LogP contribution in [0, 0.1) is 0 Å². The maximum absolute atomic E-state index is 13.6. The zero-order chi connectivity index (χ0) is 31.0. The number of methoxy groups -OCH3 is 2. The smallest absolute Gasteiger partial charge is 0.301 e. The molecule has 1 amide bonds. The fourth-order valence-corrected chi connectivity index (χ4v) is 7.26. The summed E-state index contributed by atoms with van der Waals surface area (Å²) in [5.74, 6) is -0.720. The Balaban J connectivity index is 1.40. The van der Waals surface area contributed by atoms with Gasteiger partial charge in [0.25, 0.3) is 5.78 Å².